The van der Waals surface area contributed by atoms with Gasteiger partial charge in [-0.25, -0.2) is 4.98 Å². The van der Waals surface area contributed by atoms with Crippen LogP contribution in [0.4, 0.5) is 0 Å². The Balaban J connectivity index is 2.31. The molecule has 3 nitrogen and oxygen atoms in total. The fraction of sp³-hybridized carbons (Fsp3) is 0.154. The van der Waals surface area contributed by atoms with Crippen molar-refractivity contribution >= 4 is 0 Å². The van der Waals surface area contributed by atoms with Crippen LogP contribution in [0.5, 0.6) is 17.4 Å². The summed E-state index contributed by atoms with van der Waals surface area (Å²) in [6.45, 7) is 3.71. The van der Waals surface area contributed by atoms with Gasteiger partial charge in [-0.3, -0.25) is 0 Å². The van der Waals surface area contributed by atoms with E-state index in [1.54, 1.807) is 31.2 Å². The van der Waals surface area contributed by atoms with E-state index in [1.165, 1.54) is 0 Å². The van der Waals surface area contributed by atoms with Crippen LogP contribution in [0.1, 0.15) is 11.3 Å². The molecule has 0 saturated heterocycles. The van der Waals surface area contributed by atoms with E-state index < -0.39 is 0 Å². The second-order valence-electron chi connectivity index (χ2n) is 3.62. The van der Waals surface area contributed by atoms with Crippen molar-refractivity contribution in [3.05, 3.63) is 47.7 Å². The van der Waals surface area contributed by atoms with Gasteiger partial charge in [0.1, 0.15) is 11.5 Å². The lowest BCUT2D eigenvalue weighted by Crippen LogP contribution is -1.91. The standard InChI is InChI=1S/C13H13NO2/c1-9-5-3-8-13(14-9)16-12-7-4-6-11(15)10(12)2/h3-8,15H,1-2H3. The fourth-order valence-electron chi connectivity index (χ4n) is 1.40. The Hall–Kier alpha value is -2.03. The molecule has 0 amide bonds. The lowest BCUT2D eigenvalue weighted by atomic mass is 10.2. The van der Waals surface area contributed by atoms with Crippen LogP contribution in [0.2, 0.25) is 0 Å². The van der Waals surface area contributed by atoms with Gasteiger partial charge in [0.05, 0.1) is 0 Å². The lowest BCUT2D eigenvalue weighted by molar-refractivity contribution is 0.438. The SMILES string of the molecule is Cc1cccc(Oc2cccc(O)c2C)n1. The van der Waals surface area contributed by atoms with Crippen molar-refractivity contribution in [3.63, 3.8) is 0 Å². The maximum Gasteiger partial charge on any atom is 0.219 e. The molecule has 0 spiro atoms. The first-order valence-electron chi connectivity index (χ1n) is 5.07. The molecule has 0 unspecified atom stereocenters. The molecule has 0 aliphatic rings. The van der Waals surface area contributed by atoms with E-state index in [-0.39, 0.29) is 5.75 Å². The highest BCUT2D eigenvalue weighted by Crippen LogP contribution is 2.29. The Morgan fingerprint density at radius 1 is 1.06 bits per heavy atom. The largest absolute Gasteiger partial charge is 0.508 e. The number of hydrogen-bond acceptors (Lipinski definition) is 3. The van der Waals surface area contributed by atoms with E-state index in [1.807, 2.05) is 19.1 Å². The van der Waals surface area contributed by atoms with Crippen molar-refractivity contribution in [2.24, 2.45) is 0 Å². The Labute approximate surface area is 94.3 Å². The molecule has 1 heterocycles. The second kappa shape index (κ2) is 4.23. The minimum atomic E-state index is 0.227. The van der Waals surface area contributed by atoms with Gasteiger partial charge in [0, 0.05) is 17.3 Å². The van der Waals surface area contributed by atoms with Gasteiger partial charge in [0.2, 0.25) is 5.88 Å². The maximum absolute atomic E-state index is 9.53. The first-order valence-corrected chi connectivity index (χ1v) is 5.07. The molecule has 0 fully saturated rings. The van der Waals surface area contributed by atoms with E-state index in [2.05, 4.69) is 4.98 Å². The van der Waals surface area contributed by atoms with E-state index in [9.17, 15) is 5.11 Å². The summed E-state index contributed by atoms with van der Waals surface area (Å²) in [6.07, 6.45) is 0. The number of aromatic nitrogens is 1. The summed E-state index contributed by atoms with van der Waals surface area (Å²) in [5.41, 5.74) is 1.61. The molecule has 0 saturated carbocycles. The maximum atomic E-state index is 9.53. The molecule has 16 heavy (non-hydrogen) atoms. The third-order valence-corrected chi connectivity index (χ3v) is 2.33. The molecule has 0 radical (unpaired) electrons. The summed E-state index contributed by atoms with van der Waals surface area (Å²) in [7, 11) is 0. The summed E-state index contributed by atoms with van der Waals surface area (Å²) >= 11 is 0. The highest BCUT2D eigenvalue weighted by Gasteiger charge is 2.05. The van der Waals surface area contributed by atoms with Gasteiger partial charge >= 0.3 is 0 Å². The van der Waals surface area contributed by atoms with Crippen molar-refractivity contribution in [1.82, 2.24) is 4.98 Å². The summed E-state index contributed by atoms with van der Waals surface area (Å²) in [5.74, 6) is 1.39. The second-order valence-corrected chi connectivity index (χ2v) is 3.62. The highest BCUT2D eigenvalue weighted by molar-refractivity contribution is 5.44. The van der Waals surface area contributed by atoms with Crippen molar-refractivity contribution < 1.29 is 9.84 Å². The van der Waals surface area contributed by atoms with Gasteiger partial charge in [-0.1, -0.05) is 12.1 Å². The van der Waals surface area contributed by atoms with Crippen LogP contribution in [0.15, 0.2) is 36.4 Å². The summed E-state index contributed by atoms with van der Waals surface area (Å²) < 4.78 is 5.60. The van der Waals surface area contributed by atoms with Crippen molar-refractivity contribution in [2.45, 2.75) is 13.8 Å². The normalized spacial score (nSPS) is 10.1. The van der Waals surface area contributed by atoms with Gasteiger partial charge in [-0.05, 0) is 32.0 Å². The van der Waals surface area contributed by atoms with Crippen LogP contribution < -0.4 is 4.74 Å². The van der Waals surface area contributed by atoms with Crippen molar-refractivity contribution in [1.29, 1.82) is 0 Å². The number of aromatic hydroxyl groups is 1. The average Bonchev–Trinajstić information content (AvgIpc) is 2.25. The van der Waals surface area contributed by atoms with Crippen LogP contribution in [-0.2, 0) is 0 Å². The van der Waals surface area contributed by atoms with Gasteiger partial charge in [0.15, 0.2) is 0 Å². The number of ether oxygens (including phenoxy) is 1. The van der Waals surface area contributed by atoms with Crippen LogP contribution in [0, 0.1) is 13.8 Å². The average molecular weight is 215 g/mol. The third kappa shape index (κ3) is 2.14. The minimum Gasteiger partial charge on any atom is -0.508 e. The van der Waals surface area contributed by atoms with Crippen LogP contribution in [0.3, 0.4) is 0 Å². The molecule has 3 heteroatoms. The van der Waals surface area contributed by atoms with Gasteiger partial charge in [0.25, 0.3) is 0 Å². The molecule has 0 aliphatic carbocycles. The molecule has 0 bridgehead atoms. The number of nitrogens with zero attached hydrogens (tertiary/aromatic N) is 1. The number of hydrogen-bond donors (Lipinski definition) is 1. The third-order valence-electron chi connectivity index (χ3n) is 2.33. The first kappa shape index (κ1) is 10.5. The topological polar surface area (TPSA) is 42.4 Å². The zero-order valence-electron chi connectivity index (χ0n) is 9.27. The molecule has 1 aromatic heterocycles. The van der Waals surface area contributed by atoms with E-state index in [0.29, 0.717) is 17.2 Å². The van der Waals surface area contributed by atoms with E-state index in [4.69, 9.17) is 4.74 Å². The zero-order valence-corrected chi connectivity index (χ0v) is 9.27. The highest BCUT2D eigenvalue weighted by atomic mass is 16.5. The predicted molar refractivity (Wildman–Crippen MR) is 61.9 cm³/mol. The van der Waals surface area contributed by atoms with Crippen LogP contribution in [-0.4, -0.2) is 10.1 Å². The number of phenols is 1. The van der Waals surface area contributed by atoms with E-state index >= 15 is 0 Å². The zero-order chi connectivity index (χ0) is 11.5. The molecular weight excluding hydrogens is 202 g/mol. The summed E-state index contributed by atoms with van der Waals surface area (Å²) in [6, 6.07) is 10.8. The van der Waals surface area contributed by atoms with Crippen LogP contribution >= 0.6 is 0 Å². The van der Waals surface area contributed by atoms with Crippen molar-refractivity contribution in [2.75, 3.05) is 0 Å². The molecular formula is C13H13NO2. The van der Waals surface area contributed by atoms with Crippen LogP contribution in [0.25, 0.3) is 0 Å². The first-order chi connectivity index (χ1) is 7.66. The minimum absolute atomic E-state index is 0.227. The number of phenolic OH excluding ortho intramolecular Hbond substituents is 1. The number of pyridine rings is 1. The van der Waals surface area contributed by atoms with E-state index in [0.717, 1.165) is 5.69 Å². The molecule has 2 aromatic rings. The molecule has 0 aliphatic heterocycles. The van der Waals surface area contributed by atoms with Gasteiger partial charge < -0.3 is 9.84 Å². The molecule has 82 valence electrons. The quantitative estimate of drug-likeness (QED) is 0.836. The van der Waals surface area contributed by atoms with Gasteiger partial charge in [-0.2, -0.15) is 0 Å². The lowest BCUT2D eigenvalue weighted by Gasteiger charge is -2.08. The molecule has 0 atom stereocenters. The summed E-state index contributed by atoms with van der Waals surface area (Å²) in [5, 5.41) is 9.53. The monoisotopic (exact) mass is 215 g/mol. The number of benzene rings is 1. The Morgan fingerprint density at radius 2 is 1.81 bits per heavy atom. The number of rotatable bonds is 2. The fourth-order valence-corrected chi connectivity index (χ4v) is 1.40. The smallest absolute Gasteiger partial charge is 0.219 e. The Morgan fingerprint density at radius 3 is 2.56 bits per heavy atom. The summed E-state index contributed by atoms with van der Waals surface area (Å²) in [4.78, 5) is 4.24. The van der Waals surface area contributed by atoms with Crippen molar-refractivity contribution in [3.8, 4) is 17.4 Å². The Bertz CT molecular complexity index is 509. The molecule has 2 rings (SSSR count). The predicted octanol–water partition coefficient (Wildman–Crippen LogP) is 3.20. The van der Waals surface area contributed by atoms with Gasteiger partial charge in [-0.15, -0.1) is 0 Å². The number of aryl methyl sites for hydroxylation is 1. The molecule has 1 aromatic carbocycles. The molecule has 1 N–H and O–H groups in total. The Kier molecular flexibility index (Phi) is 2.77.